The summed E-state index contributed by atoms with van der Waals surface area (Å²) >= 11 is 0. The zero-order valence-electron chi connectivity index (χ0n) is 11.1. The lowest BCUT2D eigenvalue weighted by atomic mass is 10.1. The van der Waals surface area contributed by atoms with Gasteiger partial charge in [0.05, 0.1) is 0 Å². The molecule has 98 valence electrons. The number of anilines is 1. The van der Waals surface area contributed by atoms with Crippen molar-refractivity contribution in [2.75, 3.05) is 5.32 Å². The first-order valence-electron chi connectivity index (χ1n) is 6.76. The second kappa shape index (κ2) is 6.33. The zero-order chi connectivity index (χ0) is 12.8. The van der Waals surface area contributed by atoms with Gasteiger partial charge >= 0.3 is 0 Å². The van der Waals surface area contributed by atoms with Crippen LogP contribution in [0.25, 0.3) is 5.78 Å². The van der Waals surface area contributed by atoms with Gasteiger partial charge in [-0.2, -0.15) is 14.6 Å². The fraction of sp³-hybridized carbons (Fsp3) is 0.615. The third-order valence-electron chi connectivity index (χ3n) is 3.18. The summed E-state index contributed by atoms with van der Waals surface area (Å²) in [6.45, 7) is 4.44. The highest BCUT2D eigenvalue weighted by Crippen LogP contribution is 2.14. The maximum Gasteiger partial charge on any atom is 0.254 e. The molecule has 2 heterocycles. The predicted molar refractivity (Wildman–Crippen MR) is 72.6 cm³/mol. The van der Waals surface area contributed by atoms with E-state index >= 15 is 0 Å². The van der Waals surface area contributed by atoms with Gasteiger partial charge in [0.25, 0.3) is 5.78 Å². The van der Waals surface area contributed by atoms with Crippen LogP contribution in [0.1, 0.15) is 46.0 Å². The Morgan fingerprint density at radius 1 is 1.28 bits per heavy atom. The highest BCUT2D eigenvalue weighted by atomic mass is 15.3. The SMILES string of the molecule is CCCCCC(CC)Nc1ccnc2ncnn12. The Morgan fingerprint density at radius 3 is 2.94 bits per heavy atom. The molecule has 0 fully saturated rings. The standard InChI is InChI=1S/C13H21N5/c1-3-5-6-7-11(4-2)17-12-8-9-14-13-15-10-16-18(12)13/h8-11,17H,3-7H2,1-2H3. The van der Waals surface area contributed by atoms with Gasteiger partial charge in [-0.15, -0.1) is 0 Å². The van der Waals surface area contributed by atoms with E-state index in [9.17, 15) is 0 Å². The first-order chi connectivity index (χ1) is 8.85. The Morgan fingerprint density at radius 2 is 2.17 bits per heavy atom. The van der Waals surface area contributed by atoms with Crippen LogP contribution in [-0.4, -0.2) is 25.6 Å². The van der Waals surface area contributed by atoms with Crippen LogP contribution in [0.4, 0.5) is 5.82 Å². The fourth-order valence-electron chi connectivity index (χ4n) is 2.08. The summed E-state index contributed by atoms with van der Waals surface area (Å²) in [5.74, 6) is 1.62. The molecule has 0 bridgehead atoms. The van der Waals surface area contributed by atoms with Gasteiger partial charge in [0, 0.05) is 12.2 Å². The summed E-state index contributed by atoms with van der Waals surface area (Å²) < 4.78 is 1.75. The summed E-state index contributed by atoms with van der Waals surface area (Å²) in [5.41, 5.74) is 0. The van der Waals surface area contributed by atoms with E-state index in [1.807, 2.05) is 6.07 Å². The Labute approximate surface area is 108 Å². The molecule has 0 spiro atoms. The number of nitrogens with zero attached hydrogens (tertiary/aromatic N) is 4. The van der Waals surface area contributed by atoms with Crippen molar-refractivity contribution >= 4 is 11.6 Å². The predicted octanol–water partition coefficient (Wildman–Crippen LogP) is 2.90. The maximum atomic E-state index is 4.18. The number of aromatic nitrogens is 4. The van der Waals surface area contributed by atoms with E-state index < -0.39 is 0 Å². The van der Waals surface area contributed by atoms with Crippen molar-refractivity contribution in [1.29, 1.82) is 0 Å². The topological polar surface area (TPSA) is 55.1 Å². The van der Waals surface area contributed by atoms with Crippen LogP contribution in [0.3, 0.4) is 0 Å². The van der Waals surface area contributed by atoms with Crippen molar-refractivity contribution in [2.24, 2.45) is 0 Å². The summed E-state index contributed by atoms with van der Waals surface area (Å²) in [5, 5.41) is 7.72. The molecule has 5 heteroatoms. The second-order valence-electron chi connectivity index (χ2n) is 4.55. The van der Waals surface area contributed by atoms with Crippen LogP contribution in [0, 0.1) is 0 Å². The second-order valence-corrected chi connectivity index (χ2v) is 4.55. The lowest BCUT2D eigenvalue weighted by Crippen LogP contribution is -2.20. The summed E-state index contributed by atoms with van der Waals surface area (Å²) in [6.07, 6.45) is 9.45. The highest BCUT2D eigenvalue weighted by molar-refractivity contribution is 5.42. The van der Waals surface area contributed by atoms with Gasteiger partial charge in [-0.3, -0.25) is 0 Å². The average Bonchev–Trinajstić information content (AvgIpc) is 2.87. The van der Waals surface area contributed by atoms with E-state index in [0.717, 1.165) is 12.2 Å². The van der Waals surface area contributed by atoms with Crippen molar-refractivity contribution in [1.82, 2.24) is 19.6 Å². The minimum absolute atomic E-state index is 0.492. The molecule has 0 saturated heterocycles. The van der Waals surface area contributed by atoms with E-state index in [1.165, 1.54) is 32.0 Å². The third-order valence-corrected chi connectivity index (χ3v) is 3.18. The molecule has 0 amide bonds. The Hall–Kier alpha value is -1.65. The van der Waals surface area contributed by atoms with Crippen molar-refractivity contribution in [3.8, 4) is 0 Å². The van der Waals surface area contributed by atoms with Crippen molar-refractivity contribution in [3.05, 3.63) is 18.6 Å². The summed E-state index contributed by atoms with van der Waals surface area (Å²) in [7, 11) is 0. The van der Waals surface area contributed by atoms with Gasteiger partial charge < -0.3 is 5.32 Å². The first-order valence-corrected chi connectivity index (χ1v) is 6.76. The van der Waals surface area contributed by atoms with Gasteiger partial charge in [0.2, 0.25) is 0 Å². The van der Waals surface area contributed by atoms with Crippen LogP contribution in [-0.2, 0) is 0 Å². The van der Waals surface area contributed by atoms with E-state index in [2.05, 4.69) is 34.2 Å². The summed E-state index contributed by atoms with van der Waals surface area (Å²) in [6, 6.07) is 2.44. The Kier molecular flexibility index (Phi) is 4.50. The number of unbranched alkanes of at least 4 members (excludes halogenated alkanes) is 2. The molecule has 18 heavy (non-hydrogen) atoms. The van der Waals surface area contributed by atoms with E-state index in [-0.39, 0.29) is 0 Å². The van der Waals surface area contributed by atoms with Gasteiger partial charge in [-0.1, -0.05) is 33.1 Å². The Bertz CT molecular complexity index is 479. The van der Waals surface area contributed by atoms with Crippen molar-refractivity contribution in [3.63, 3.8) is 0 Å². The molecule has 0 aliphatic heterocycles. The molecule has 1 N–H and O–H groups in total. The molecule has 1 atom stereocenters. The fourth-order valence-corrected chi connectivity index (χ4v) is 2.08. The summed E-state index contributed by atoms with van der Waals surface area (Å²) in [4.78, 5) is 8.25. The molecule has 5 nitrogen and oxygen atoms in total. The average molecular weight is 247 g/mol. The molecule has 0 radical (unpaired) electrons. The molecule has 0 aliphatic carbocycles. The van der Waals surface area contributed by atoms with Gasteiger partial charge in [-0.25, -0.2) is 4.98 Å². The molecule has 2 rings (SSSR count). The minimum atomic E-state index is 0.492. The van der Waals surface area contributed by atoms with E-state index in [4.69, 9.17) is 0 Å². The minimum Gasteiger partial charge on any atom is -0.367 e. The van der Waals surface area contributed by atoms with Crippen LogP contribution in [0.5, 0.6) is 0 Å². The molecule has 0 aliphatic rings. The normalized spacial score (nSPS) is 12.8. The van der Waals surface area contributed by atoms with Gasteiger partial charge in [0.15, 0.2) is 0 Å². The highest BCUT2D eigenvalue weighted by Gasteiger charge is 2.09. The van der Waals surface area contributed by atoms with Crippen LogP contribution in [0.15, 0.2) is 18.6 Å². The maximum absolute atomic E-state index is 4.18. The third kappa shape index (κ3) is 2.97. The van der Waals surface area contributed by atoms with Gasteiger partial charge in [-0.05, 0) is 18.9 Å². The quantitative estimate of drug-likeness (QED) is 0.764. The van der Waals surface area contributed by atoms with Crippen LogP contribution >= 0.6 is 0 Å². The van der Waals surface area contributed by atoms with Crippen LogP contribution < -0.4 is 5.32 Å². The molecule has 0 saturated carbocycles. The molecular weight excluding hydrogens is 226 g/mol. The first kappa shape index (κ1) is 12.8. The van der Waals surface area contributed by atoms with Gasteiger partial charge in [0.1, 0.15) is 12.1 Å². The lowest BCUT2D eigenvalue weighted by Gasteiger charge is -2.18. The molecule has 0 aromatic carbocycles. The van der Waals surface area contributed by atoms with Crippen LogP contribution in [0.2, 0.25) is 0 Å². The smallest absolute Gasteiger partial charge is 0.254 e. The number of hydrogen-bond acceptors (Lipinski definition) is 4. The molecule has 1 unspecified atom stereocenters. The number of nitrogens with one attached hydrogen (secondary N) is 1. The zero-order valence-corrected chi connectivity index (χ0v) is 11.1. The molecular formula is C13H21N5. The number of fused-ring (bicyclic) bond motifs is 1. The number of hydrogen-bond donors (Lipinski definition) is 1. The van der Waals surface area contributed by atoms with E-state index in [0.29, 0.717) is 11.8 Å². The Balaban J connectivity index is 2.04. The lowest BCUT2D eigenvalue weighted by molar-refractivity contribution is 0.571. The monoisotopic (exact) mass is 247 g/mol. The number of rotatable bonds is 7. The molecule has 2 aromatic rings. The van der Waals surface area contributed by atoms with Crippen molar-refractivity contribution < 1.29 is 0 Å². The van der Waals surface area contributed by atoms with Crippen molar-refractivity contribution in [2.45, 2.75) is 52.0 Å². The largest absolute Gasteiger partial charge is 0.367 e. The van der Waals surface area contributed by atoms with E-state index in [1.54, 1.807) is 10.7 Å². The molecule has 2 aromatic heterocycles.